The number of nitrogens with one attached hydrogen (secondary N) is 2. The normalized spacial score (nSPS) is 10.8. The van der Waals surface area contributed by atoms with Crippen molar-refractivity contribution in [2.45, 2.75) is 26.3 Å². The molecule has 0 amide bonds. The van der Waals surface area contributed by atoms with Crippen molar-refractivity contribution in [1.82, 2.24) is 15.0 Å². The maximum absolute atomic E-state index is 12.3. The quantitative estimate of drug-likeness (QED) is 0.457. The van der Waals surface area contributed by atoms with E-state index in [0.29, 0.717) is 29.2 Å². The molecule has 0 aliphatic carbocycles. The minimum absolute atomic E-state index is 0.191. The standard InChI is InChI=1S/C19H24N5O2P/c1-3-4-10-20-17-16-15(9-11-21-18(16)25)22-19(23-17)24(27)12-13-5-7-14(26-2)8-6-13/h5-9,11H,3-4,10,12,27H2,1-2H3,(H,21,25)(H,20,22,23). The van der Waals surface area contributed by atoms with Gasteiger partial charge in [0.2, 0.25) is 5.95 Å². The van der Waals surface area contributed by atoms with Gasteiger partial charge in [0.05, 0.1) is 12.6 Å². The lowest BCUT2D eigenvalue weighted by Crippen LogP contribution is -2.17. The Hall–Kier alpha value is -2.66. The molecule has 1 aromatic carbocycles. The van der Waals surface area contributed by atoms with Crippen molar-refractivity contribution in [3.63, 3.8) is 0 Å². The number of unbranched alkanes of at least 4 members (excludes halogenated alkanes) is 1. The van der Waals surface area contributed by atoms with Gasteiger partial charge in [-0.25, -0.2) is 4.98 Å². The number of fused-ring (bicyclic) bond motifs is 1. The highest BCUT2D eigenvalue weighted by molar-refractivity contribution is 7.18. The molecule has 27 heavy (non-hydrogen) atoms. The number of ether oxygens (including phenoxy) is 1. The number of rotatable bonds is 8. The highest BCUT2D eigenvalue weighted by Gasteiger charge is 2.14. The zero-order valence-corrected chi connectivity index (χ0v) is 16.7. The van der Waals surface area contributed by atoms with Gasteiger partial charge in [0.15, 0.2) is 0 Å². The second-order valence-corrected chi connectivity index (χ2v) is 6.82. The minimum Gasteiger partial charge on any atom is -0.497 e. The number of aromatic nitrogens is 3. The average molecular weight is 385 g/mol. The van der Waals surface area contributed by atoms with E-state index in [-0.39, 0.29) is 5.56 Å². The zero-order valence-electron chi connectivity index (χ0n) is 15.5. The number of methoxy groups -OCH3 is 1. The summed E-state index contributed by atoms with van der Waals surface area (Å²) in [5, 5.41) is 3.77. The predicted octanol–water partition coefficient (Wildman–Crippen LogP) is 3.34. The molecule has 1 atom stereocenters. The second kappa shape index (κ2) is 8.82. The smallest absolute Gasteiger partial charge is 0.261 e. The van der Waals surface area contributed by atoms with Crippen LogP contribution >= 0.6 is 9.39 Å². The van der Waals surface area contributed by atoms with E-state index >= 15 is 0 Å². The summed E-state index contributed by atoms with van der Waals surface area (Å²) in [7, 11) is 4.30. The Morgan fingerprint density at radius 2 is 2.00 bits per heavy atom. The molecule has 2 aromatic heterocycles. The Morgan fingerprint density at radius 1 is 1.22 bits per heavy atom. The van der Waals surface area contributed by atoms with E-state index in [1.165, 1.54) is 0 Å². The van der Waals surface area contributed by atoms with Crippen LogP contribution in [0, 0.1) is 0 Å². The number of hydrogen-bond donors (Lipinski definition) is 2. The molecular weight excluding hydrogens is 361 g/mol. The van der Waals surface area contributed by atoms with Gasteiger partial charge in [-0.05, 0) is 39.6 Å². The lowest BCUT2D eigenvalue weighted by molar-refractivity contribution is 0.414. The maximum Gasteiger partial charge on any atom is 0.261 e. The van der Waals surface area contributed by atoms with Crippen molar-refractivity contribution < 1.29 is 4.74 Å². The molecule has 0 saturated carbocycles. The topological polar surface area (TPSA) is 83.1 Å². The Bertz CT molecular complexity index is 958. The molecule has 1 unspecified atom stereocenters. The van der Waals surface area contributed by atoms with Crippen LogP contribution in [0.5, 0.6) is 5.75 Å². The summed E-state index contributed by atoms with van der Waals surface area (Å²) in [6, 6.07) is 9.64. The van der Waals surface area contributed by atoms with Crippen molar-refractivity contribution in [3.05, 3.63) is 52.4 Å². The van der Waals surface area contributed by atoms with Crippen molar-refractivity contribution in [1.29, 1.82) is 0 Å². The third-order valence-corrected chi connectivity index (χ3v) is 4.61. The molecule has 0 bridgehead atoms. The lowest BCUT2D eigenvalue weighted by atomic mass is 10.2. The van der Waals surface area contributed by atoms with E-state index in [0.717, 1.165) is 30.7 Å². The average Bonchev–Trinajstić information content (AvgIpc) is 2.68. The monoisotopic (exact) mass is 385 g/mol. The number of H-pyrrole nitrogens is 1. The fraction of sp³-hybridized carbons (Fsp3) is 0.316. The van der Waals surface area contributed by atoms with Gasteiger partial charge in [-0.15, -0.1) is 0 Å². The van der Waals surface area contributed by atoms with Crippen LogP contribution in [-0.4, -0.2) is 28.6 Å². The van der Waals surface area contributed by atoms with Crippen molar-refractivity contribution in [3.8, 4) is 5.75 Å². The van der Waals surface area contributed by atoms with Gasteiger partial charge in [0.1, 0.15) is 17.0 Å². The molecule has 2 heterocycles. The van der Waals surface area contributed by atoms with Gasteiger partial charge in [-0.3, -0.25) is 4.79 Å². The highest BCUT2D eigenvalue weighted by atomic mass is 31.0. The fourth-order valence-electron chi connectivity index (χ4n) is 2.72. The van der Waals surface area contributed by atoms with Crippen LogP contribution < -0.4 is 20.3 Å². The zero-order chi connectivity index (χ0) is 19.2. The van der Waals surface area contributed by atoms with Crippen LogP contribution in [0.25, 0.3) is 10.9 Å². The molecule has 0 radical (unpaired) electrons. The van der Waals surface area contributed by atoms with Crippen molar-refractivity contribution in [2.24, 2.45) is 0 Å². The van der Waals surface area contributed by atoms with Crippen LogP contribution in [0.1, 0.15) is 25.3 Å². The van der Waals surface area contributed by atoms with Crippen LogP contribution in [0.15, 0.2) is 41.3 Å². The SMILES string of the molecule is CCCCNc1nc(N(P)Cc2ccc(OC)cc2)nc2cc[nH]c(=O)c12. The predicted molar refractivity (Wildman–Crippen MR) is 112 cm³/mol. The van der Waals surface area contributed by atoms with Gasteiger partial charge >= 0.3 is 0 Å². The lowest BCUT2D eigenvalue weighted by Gasteiger charge is -2.19. The molecule has 0 fully saturated rings. The summed E-state index contributed by atoms with van der Waals surface area (Å²) in [5.41, 5.74) is 1.52. The van der Waals surface area contributed by atoms with E-state index in [1.807, 2.05) is 28.9 Å². The molecular formula is C19H24N5O2P. The Morgan fingerprint density at radius 3 is 2.70 bits per heavy atom. The fourth-order valence-corrected chi connectivity index (χ4v) is 3.04. The van der Waals surface area contributed by atoms with E-state index in [1.54, 1.807) is 19.4 Å². The molecule has 0 aliphatic rings. The number of anilines is 2. The second-order valence-electron chi connectivity index (χ2n) is 6.20. The largest absolute Gasteiger partial charge is 0.497 e. The summed E-state index contributed by atoms with van der Waals surface area (Å²) in [4.78, 5) is 24.1. The van der Waals surface area contributed by atoms with E-state index in [9.17, 15) is 4.79 Å². The maximum atomic E-state index is 12.3. The third kappa shape index (κ3) is 4.55. The number of nitrogens with zero attached hydrogens (tertiary/aromatic N) is 3. The van der Waals surface area contributed by atoms with E-state index in [4.69, 9.17) is 4.74 Å². The first kappa shape index (κ1) is 19.1. The number of aromatic amines is 1. The Labute approximate surface area is 160 Å². The molecule has 0 aliphatic heterocycles. The Balaban J connectivity index is 1.91. The molecule has 8 heteroatoms. The van der Waals surface area contributed by atoms with Gasteiger partial charge < -0.3 is 19.7 Å². The van der Waals surface area contributed by atoms with Crippen molar-refractivity contribution >= 4 is 32.1 Å². The molecule has 142 valence electrons. The molecule has 2 N–H and O–H groups in total. The van der Waals surface area contributed by atoms with Crippen molar-refractivity contribution in [2.75, 3.05) is 23.6 Å². The molecule has 7 nitrogen and oxygen atoms in total. The first-order valence-corrected chi connectivity index (χ1v) is 9.42. The van der Waals surface area contributed by atoms with Crippen LogP contribution in [-0.2, 0) is 6.54 Å². The number of pyridine rings is 1. The van der Waals surface area contributed by atoms with E-state index in [2.05, 4.69) is 36.6 Å². The molecule has 3 rings (SSSR count). The van der Waals surface area contributed by atoms with E-state index < -0.39 is 0 Å². The summed E-state index contributed by atoms with van der Waals surface area (Å²) >= 11 is 0. The minimum atomic E-state index is -0.191. The first-order valence-electron chi connectivity index (χ1n) is 8.91. The first-order chi connectivity index (χ1) is 13.1. The molecule has 3 aromatic rings. The third-order valence-electron chi connectivity index (χ3n) is 4.20. The molecule has 0 spiro atoms. The summed E-state index contributed by atoms with van der Waals surface area (Å²) in [5.74, 6) is 1.91. The highest BCUT2D eigenvalue weighted by Crippen LogP contribution is 2.24. The van der Waals surface area contributed by atoms with Crippen LogP contribution in [0.3, 0.4) is 0 Å². The number of hydrogen-bond acceptors (Lipinski definition) is 6. The summed E-state index contributed by atoms with van der Waals surface area (Å²) in [6.07, 6.45) is 3.67. The molecule has 0 saturated heterocycles. The summed E-state index contributed by atoms with van der Waals surface area (Å²) in [6.45, 7) is 3.49. The van der Waals surface area contributed by atoms with Gasteiger partial charge in [-0.1, -0.05) is 25.5 Å². The van der Waals surface area contributed by atoms with Crippen LogP contribution in [0.4, 0.5) is 11.8 Å². The number of benzene rings is 1. The van der Waals surface area contributed by atoms with Gasteiger partial charge in [-0.2, -0.15) is 4.98 Å². The Kier molecular flexibility index (Phi) is 6.24. The van der Waals surface area contributed by atoms with Gasteiger partial charge in [0, 0.05) is 19.3 Å². The summed E-state index contributed by atoms with van der Waals surface area (Å²) < 4.78 is 7.08. The van der Waals surface area contributed by atoms with Crippen LogP contribution in [0.2, 0.25) is 0 Å². The van der Waals surface area contributed by atoms with Gasteiger partial charge in [0.25, 0.3) is 5.56 Å².